The molecule has 5 rings (SSSR count). The zero-order chi connectivity index (χ0) is 23.8. The van der Waals surface area contributed by atoms with Crippen LogP contribution in [0.25, 0.3) is 17.1 Å². The first-order chi connectivity index (χ1) is 16.4. The molecule has 174 valence electrons. The van der Waals surface area contributed by atoms with Crippen LogP contribution in [-0.4, -0.2) is 35.7 Å². The first-order valence-electron chi connectivity index (χ1n) is 11.5. The van der Waals surface area contributed by atoms with Crippen molar-refractivity contribution in [1.29, 1.82) is 0 Å². The third kappa shape index (κ3) is 4.09. The number of fused-ring (bicyclic) bond motifs is 1. The fraction of sp³-hybridized carbons (Fsp3) is 0.320. The predicted octanol–water partition coefficient (Wildman–Crippen LogP) is 4.57. The van der Waals surface area contributed by atoms with Gasteiger partial charge in [-0.3, -0.25) is 4.79 Å². The minimum absolute atomic E-state index is 0.0638. The Kier molecular flexibility index (Phi) is 5.69. The summed E-state index contributed by atoms with van der Waals surface area (Å²) >= 11 is 0. The lowest BCUT2D eigenvalue weighted by Crippen LogP contribution is -2.15. The summed E-state index contributed by atoms with van der Waals surface area (Å²) in [5.74, 6) is 0.571. The van der Waals surface area contributed by atoms with E-state index in [1.807, 2.05) is 32.0 Å². The molecule has 1 aliphatic rings. The molecule has 3 heterocycles. The number of halogens is 1. The largest absolute Gasteiger partial charge is 0.318 e. The summed E-state index contributed by atoms with van der Waals surface area (Å²) in [6.45, 7) is 6.52. The fourth-order valence-corrected chi connectivity index (χ4v) is 4.37. The number of carbonyl (C=O) groups excluding carboxylic acids is 1. The topological polar surface area (TPSA) is 90.5 Å². The van der Waals surface area contributed by atoms with Crippen LogP contribution in [0.15, 0.2) is 36.4 Å². The highest BCUT2D eigenvalue weighted by Gasteiger charge is 2.21. The number of hydrogen-bond acceptors (Lipinski definition) is 5. The summed E-state index contributed by atoms with van der Waals surface area (Å²) < 4.78 is 16.7. The molecule has 1 N–H and O–H groups in total. The zero-order valence-electron chi connectivity index (χ0n) is 19.5. The Balaban J connectivity index is 1.43. The highest BCUT2D eigenvalue weighted by atomic mass is 19.1. The van der Waals surface area contributed by atoms with E-state index in [1.165, 1.54) is 10.9 Å². The van der Waals surface area contributed by atoms with Crippen molar-refractivity contribution in [2.24, 2.45) is 0 Å². The summed E-state index contributed by atoms with van der Waals surface area (Å²) in [7, 11) is 0. The molecule has 8 nitrogen and oxygen atoms in total. The summed E-state index contributed by atoms with van der Waals surface area (Å²) in [6.07, 6.45) is 4.17. The second-order valence-corrected chi connectivity index (χ2v) is 8.76. The smallest absolute Gasteiger partial charge is 0.278 e. The standard InChI is InChI=1S/C25H26FN7O/c1-15-8-11-21(16(2)13-15)33-30-17(3)23(31-33)25(34)27-20-14-18(9-10-19(20)26)24-29-28-22-7-5-4-6-12-32(22)24/h8-11,13-14H,4-7,12H2,1-3H3,(H,27,34). The van der Waals surface area contributed by atoms with Gasteiger partial charge >= 0.3 is 0 Å². The van der Waals surface area contributed by atoms with Crippen molar-refractivity contribution in [3.05, 3.63) is 70.6 Å². The highest BCUT2D eigenvalue weighted by molar-refractivity contribution is 6.03. The fourth-order valence-electron chi connectivity index (χ4n) is 4.37. The third-order valence-corrected chi connectivity index (χ3v) is 6.15. The summed E-state index contributed by atoms with van der Waals surface area (Å²) in [6, 6.07) is 10.5. The quantitative estimate of drug-likeness (QED) is 0.483. The van der Waals surface area contributed by atoms with Gasteiger partial charge in [0, 0.05) is 18.5 Å². The molecule has 1 aliphatic heterocycles. The average molecular weight is 460 g/mol. The van der Waals surface area contributed by atoms with Crippen LogP contribution >= 0.6 is 0 Å². The predicted molar refractivity (Wildman–Crippen MR) is 126 cm³/mol. The van der Waals surface area contributed by atoms with Gasteiger partial charge in [0.15, 0.2) is 11.5 Å². The van der Waals surface area contributed by atoms with Crippen molar-refractivity contribution in [1.82, 2.24) is 29.8 Å². The van der Waals surface area contributed by atoms with E-state index in [0.29, 0.717) is 17.1 Å². The van der Waals surface area contributed by atoms with Crippen molar-refractivity contribution < 1.29 is 9.18 Å². The first kappa shape index (κ1) is 21.9. The molecule has 2 aromatic carbocycles. The van der Waals surface area contributed by atoms with Gasteiger partial charge in [-0.2, -0.15) is 9.90 Å². The number of benzene rings is 2. The van der Waals surface area contributed by atoms with Crippen molar-refractivity contribution >= 4 is 11.6 Å². The Morgan fingerprint density at radius 3 is 2.68 bits per heavy atom. The normalized spacial score (nSPS) is 13.4. The lowest BCUT2D eigenvalue weighted by atomic mass is 10.1. The third-order valence-electron chi connectivity index (χ3n) is 6.15. The van der Waals surface area contributed by atoms with E-state index in [9.17, 15) is 9.18 Å². The molecule has 0 bridgehead atoms. The number of amides is 1. The molecule has 0 radical (unpaired) electrons. The van der Waals surface area contributed by atoms with Crippen LogP contribution in [0.4, 0.5) is 10.1 Å². The van der Waals surface area contributed by atoms with Crippen molar-refractivity contribution in [3.8, 4) is 17.1 Å². The van der Waals surface area contributed by atoms with Crippen LogP contribution in [0.5, 0.6) is 0 Å². The van der Waals surface area contributed by atoms with Gasteiger partial charge in [-0.15, -0.1) is 15.3 Å². The number of aryl methyl sites for hydroxylation is 4. The maximum Gasteiger partial charge on any atom is 0.278 e. The minimum atomic E-state index is -0.535. The van der Waals surface area contributed by atoms with E-state index in [2.05, 4.69) is 30.3 Å². The lowest BCUT2D eigenvalue weighted by molar-refractivity contribution is 0.102. The zero-order valence-corrected chi connectivity index (χ0v) is 19.5. The summed E-state index contributed by atoms with van der Waals surface area (Å²) in [5, 5.41) is 20.1. The number of anilines is 1. The number of nitrogens with one attached hydrogen (secondary N) is 1. The van der Waals surface area contributed by atoms with Crippen LogP contribution < -0.4 is 5.32 Å². The molecule has 0 spiro atoms. The minimum Gasteiger partial charge on any atom is -0.318 e. The van der Waals surface area contributed by atoms with Crippen LogP contribution in [0.2, 0.25) is 0 Å². The number of rotatable bonds is 4. The molecule has 34 heavy (non-hydrogen) atoms. The van der Waals surface area contributed by atoms with Gasteiger partial charge in [0.05, 0.1) is 17.1 Å². The molecule has 0 aliphatic carbocycles. The van der Waals surface area contributed by atoms with E-state index in [1.54, 1.807) is 19.1 Å². The molecule has 2 aromatic heterocycles. The molecule has 9 heteroatoms. The Hall–Kier alpha value is -3.88. The Bertz CT molecular complexity index is 1390. The van der Waals surface area contributed by atoms with Crippen molar-refractivity contribution in [2.75, 3.05) is 5.32 Å². The lowest BCUT2D eigenvalue weighted by Gasteiger charge is -2.10. The number of hydrogen-bond donors (Lipinski definition) is 1. The maximum atomic E-state index is 14.7. The molecule has 0 saturated heterocycles. The first-order valence-corrected chi connectivity index (χ1v) is 11.5. The molecular formula is C25H26FN7O. The highest BCUT2D eigenvalue weighted by Crippen LogP contribution is 2.27. The molecule has 0 unspecified atom stereocenters. The van der Waals surface area contributed by atoms with Crippen LogP contribution in [0, 0.1) is 26.6 Å². The maximum absolute atomic E-state index is 14.7. The molecule has 0 atom stereocenters. The average Bonchev–Trinajstić information content (AvgIpc) is 3.30. The van der Waals surface area contributed by atoms with Crippen LogP contribution in [0.3, 0.4) is 0 Å². The summed E-state index contributed by atoms with van der Waals surface area (Å²) in [4.78, 5) is 14.5. The van der Waals surface area contributed by atoms with Gasteiger partial charge in [0.2, 0.25) is 0 Å². The Labute approximate surface area is 196 Å². The van der Waals surface area contributed by atoms with Gasteiger partial charge in [0.1, 0.15) is 11.6 Å². The van der Waals surface area contributed by atoms with Gasteiger partial charge in [0.25, 0.3) is 5.91 Å². The number of nitrogens with zero attached hydrogens (tertiary/aromatic N) is 6. The number of carbonyl (C=O) groups is 1. The van der Waals surface area contributed by atoms with E-state index < -0.39 is 11.7 Å². The monoisotopic (exact) mass is 459 g/mol. The SMILES string of the molecule is Cc1ccc(-n2nc(C)c(C(=O)Nc3cc(-c4nnc5n4CCCCC5)ccc3F)n2)c(C)c1. The van der Waals surface area contributed by atoms with Gasteiger partial charge in [-0.25, -0.2) is 4.39 Å². The Morgan fingerprint density at radius 1 is 1.00 bits per heavy atom. The molecule has 0 saturated carbocycles. The van der Waals surface area contributed by atoms with E-state index in [-0.39, 0.29) is 11.4 Å². The van der Waals surface area contributed by atoms with E-state index in [4.69, 9.17) is 0 Å². The molecule has 1 amide bonds. The summed E-state index contributed by atoms with van der Waals surface area (Å²) in [5.41, 5.74) is 4.27. The van der Waals surface area contributed by atoms with Crippen molar-refractivity contribution in [2.45, 2.75) is 53.0 Å². The Morgan fingerprint density at radius 2 is 1.85 bits per heavy atom. The van der Waals surface area contributed by atoms with E-state index in [0.717, 1.165) is 54.9 Å². The molecular weight excluding hydrogens is 433 g/mol. The number of aromatic nitrogens is 6. The molecule has 4 aromatic rings. The van der Waals surface area contributed by atoms with Crippen molar-refractivity contribution in [3.63, 3.8) is 0 Å². The van der Waals surface area contributed by atoms with Gasteiger partial charge in [-0.05, 0) is 63.4 Å². The van der Waals surface area contributed by atoms with E-state index >= 15 is 0 Å². The van der Waals surface area contributed by atoms with Crippen LogP contribution in [-0.2, 0) is 13.0 Å². The van der Waals surface area contributed by atoms with Gasteiger partial charge in [-0.1, -0.05) is 24.1 Å². The second kappa shape index (κ2) is 8.81. The van der Waals surface area contributed by atoms with Gasteiger partial charge < -0.3 is 9.88 Å². The van der Waals surface area contributed by atoms with Crippen LogP contribution in [0.1, 0.15) is 52.4 Å². The molecule has 0 fully saturated rings. The second-order valence-electron chi connectivity index (χ2n) is 8.76.